The number of anilines is 1. The predicted molar refractivity (Wildman–Crippen MR) is 116 cm³/mol. The fraction of sp³-hybridized carbons (Fsp3) is 0.250. The molecule has 3 rings (SSSR count). The molecule has 0 saturated carbocycles. The minimum Gasteiger partial charge on any atom is -0.456 e. The zero-order valence-electron chi connectivity index (χ0n) is 17.7. The van der Waals surface area contributed by atoms with Gasteiger partial charge in [0, 0.05) is 23.6 Å². The van der Waals surface area contributed by atoms with E-state index >= 15 is 0 Å². The highest BCUT2D eigenvalue weighted by Gasteiger charge is 2.14. The number of carbonyl (C=O) groups excluding carboxylic acids is 3. The maximum Gasteiger partial charge on any atom is 0.306 e. The molecule has 0 radical (unpaired) electrons. The Morgan fingerprint density at radius 2 is 1.68 bits per heavy atom. The maximum atomic E-state index is 12.2. The molecule has 7 nitrogen and oxygen atoms in total. The lowest BCUT2D eigenvalue weighted by molar-refractivity contribution is -0.147. The molecule has 0 aliphatic carbocycles. The van der Waals surface area contributed by atoms with E-state index in [1.807, 2.05) is 51.1 Å². The number of carbonyl (C=O) groups is 3. The van der Waals surface area contributed by atoms with Crippen LogP contribution in [0.5, 0.6) is 0 Å². The quantitative estimate of drug-likeness (QED) is 0.428. The largest absolute Gasteiger partial charge is 0.456 e. The normalized spacial score (nSPS) is 10.5. The molecule has 1 heterocycles. The highest BCUT2D eigenvalue weighted by atomic mass is 16.5. The van der Waals surface area contributed by atoms with Gasteiger partial charge in [0.1, 0.15) is 5.69 Å². The molecule has 0 fully saturated rings. The standard InChI is InChI=1S/C24H24N2O5/c1-15-4-7-18(8-5-15)20-13-23(31-26-20)25-22(28)14-30-24(29)11-10-21(27)19-9-6-16(2)17(3)12-19/h4-9,12-13H,10-11,14H2,1-3H3,(H,25,28). The van der Waals surface area contributed by atoms with Gasteiger partial charge in [-0.15, -0.1) is 0 Å². The molecule has 3 aromatic rings. The topological polar surface area (TPSA) is 98.5 Å². The third kappa shape index (κ3) is 6.12. The summed E-state index contributed by atoms with van der Waals surface area (Å²) in [5, 5.41) is 6.41. The van der Waals surface area contributed by atoms with Crippen LogP contribution in [-0.2, 0) is 14.3 Å². The van der Waals surface area contributed by atoms with Crippen molar-refractivity contribution in [2.24, 2.45) is 0 Å². The second-order valence-corrected chi connectivity index (χ2v) is 7.37. The average Bonchev–Trinajstić information content (AvgIpc) is 3.21. The van der Waals surface area contributed by atoms with E-state index in [9.17, 15) is 14.4 Å². The van der Waals surface area contributed by atoms with Crippen LogP contribution >= 0.6 is 0 Å². The lowest BCUT2D eigenvalue weighted by Crippen LogP contribution is -2.21. The summed E-state index contributed by atoms with van der Waals surface area (Å²) in [7, 11) is 0. The van der Waals surface area contributed by atoms with E-state index < -0.39 is 18.5 Å². The van der Waals surface area contributed by atoms with Crippen molar-refractivity contribution in [2.45, 2.75) is 33.6 Å². The van der Waals surface area contributed by atoms with Gasteiger partial charge in [-0.3, -0.25) is 19.7 Å². The average molecular weight is 420 g/mol. The summed E-state index contributed by atoms with van der Waals surface area (Å²) in [4.78, 5) is 36.1. The zero-order valence-corrected chi connectivity index (χ0v) is 17.7. The first-order chi connectivity index (χ1) is 14.8. The van der Waals surface area contributed by atoms with Crippen LogP contribution in [0.4, 0.5) is 5.88 Å². The number of ketones is 1. The second kappa shape index (κ2) is 9.84. The van der Waals surface area contributed by atoms with Crippen molar-refractivity contribution in [2.75, 3.05) is 11.9 Å². The Balaban J connectivity index is 1.43. The van der Waals surface area contributed by atoms with Crippen molar-refractivity contribution in [1.29, 1.82) is 0 Å². The number of amides is 1. The number of rotatable bonds is 8. The van der Waals surface area contributed by atoms with Crippen molar-refractivity contribution in [3.8, 4) is 11.3 Å². The first-order valence-corrected chi connectivity index (χ1v) is 9.91. The Morgan fingerprint density at radius 3 is 2.39 bits per heavy atom. The summed E-state index contributed by atoms with van der Waals surface area (Å²) in [6.07, 6.45) is -0.0795. The third-order valence-electron chi connectivity index (χ3n) is 4.87. The van der Waals surface area contributed by atoms with Crippen molar-refractivity contribution >= 4 is 23.5 Å². The highest BCUT2D eigenvalue weighted by molar-refractivity contribution is 5.98. The SMILES string of the molecule is Cc1ccc(-c2cc(NC(=O)COC(=O)CCC(=O)c3ccc(C)c(C)c3)on2)cc1. The number of hydrogen-bond acceptors (Lipinski definition) is 6. The third-order valence-corrected chi connectivity index (χ3v) is 4.87. The van der Waals surface area contributed by atoms with Crippen LogP contribution in [0.25, 0.3) is 11.3 Å². The van der Waals surface area contributed by atoms with Crippen LogP contribution < -0.4 is 5.32 Å². The minimum atomic E-state index is -0.620. The Kier molecular flexibility index (Phi) is 6.97. The number of nitrogens with one attached hydrogen (secondary N) is 1. The van der Waals surface area contributed by atoms with Gasteiger partial charge in [-0.05, 0) is 38.0 Å². The highest BCUT2D eigenvalue weighted by Crippen LogP contribution is 2.22. The number of Topliss-reactive ketones (excluding diaryl/α,β-unsaturated/α-hetero) is 1. The van der Waals surface area contributed by atoms with Gasteiger partial charge in [0.25, 0.3) is 5.91 Å². The van der Waals surface area contributed by atoms with Crippen molar-refractivity contribution in [3.05, 3.63) is 70.8 Å². The molecule has 0 atom stereocenters. The van der Waals surface area contributed by atoms with Crippen LogP contribution in [-0.4, -0.2) is 29.4 Å². The zero-order chi connectivity index (χ0) is 22.4. The summed E-state index contributed by atoms with van der Waals surface area (Å²) < 4.78 is 10.1. The van der Waals surface area contributed by atoms with Crippen LogP contribution in [0.1, 0.15) is 39.9 Å². The van der Waals surface area contributed by atoms with E-state index in [-0.39, 0.29) is 24.5 Å². The Labute approximate surface area is 180 Å². The molecule has 31 heavy (non-hydrogen) atoms. The molecule has 7 heteroatoms. The Hall–Kier alpha value is -3.74. The number of benzene rings is 2. The molecule has 1 amide bonds. The molecular formula is C24H24N2O5. The number of esters is 1. The van der Waals surface area contributed by atoms with Gasteiger partial charge in [0.15, 0.2) is 12.4 Å². The number of aromatic nitrogens is 1. The van der Waals surface area contributed by atoms with Gasteiger partial charge in [-0.2, -0.15) is 0 Å². The maximum absolute atomic E-state index is 12.2. The summed E-state index contributed by atoms with van der Waals surface area (Å²) in [5.41, 5.74) is 5.23. The van der Waals surface area contributed by atoms with E-state index in [0.717, 1.165) is 22.3 Å². The van der Waals surface area contributed by atoms with Crippen LogP contribution in [0.15, 0.2) is 53.1 Å². The molecular weight excluding hydrogens is 396 g/mol. The van der Waals surface area contributed by atoms with Crippen LogP contribution in [0, 0.1) is 20.8 Å². The van der Waals surface area contributed by atoms with Gasteiger partial charge in [0.05, 0.1) is 6.42 Å². The minimum absolute atomic E-state index is 0.0188. The molecule has 1 aromatic heterocycles. The molecule has 160 valence electrons. The molecule has 1 N–H and O–H groups in total. The summed E-state index contributed by atoms with van der Waals surface area (Å²) in [6.45, 7) is 5.40. The van der Waals surface area contributed by atoms with E-state index in [0.29, 0.717) is 11.3 Å². The van der Waals surface area contributed by atoms with E-state index in [1.165, 1.54) is 0 Å². The number of ether oxygens (including phenoxy) is 1. The summed E-state index contributed by atoms with van der Waals surface area (Å²) in [5.74, 6) is -1.16. The first-order valence-electron chi connectivity index (χ1n) is 9.91. The van der Waals surface area contributed by atoms with Crippen molar-refractivity contribution in [1.82, 2.24) is 5.16 Å². The molecule has 0 aliphatic heterocycles. The van der Waals surface area contributed by atoms with Crippen molar-refractivity contribution in [3.63, 3.8) is 0 Å². The van der Waals surface area contributed by atoms with Gasteiger partial charge < -0.3 is 9.26 Å². The molecule has 0 bridgehead atoms. The lowest BCUT2D eigenvalue weighted by Gasteiger charge is -2.06. The number of nitrogens with zero attached hydrogens (tertiary/aromatic N) is 1. The monoisotopic (exact) mass is 420 g/mol. The Morgan fingerprint density at radius 1 is 0.935 bits per heavy atom. The molecule has 2 aromatic carbocycles. The van der Waals surface area contributed by atoms with Crippen LogP contribution in [0.2, 0.25) is 0 Å². The summed E-state index contributed by atoms with van der Waals surface area (Å²) >= 11 is 0. The molecule has 0 unspecified atom stereocenters. The van der Waals surface area contributed by atoms with E-state index in [4.69, 9.17) is 9.26 Å². The number of aryl methyl sites for hydroxylation is 3. The molecule has 0 spiro atoms. The van der Waals surface area contributed by atoms with Gasteiger partial charge in [-0.25, -0.2) is 0 Å². The first kappa shape index (κ1) is 22.0. The molecule has 0 saturated heterocycles. The van der Waals surface area contributed by atoms with Crippen LogP contribution in [0.3, 0.4) is 0 Å². The summed E-state index contributed by atoms with van der Waals surface area (Å²) in [6, 6.07) is 14.7. The van der Waals surface area contributed by atoms with Crippen molar-refractivity contribution < 1.29 is 23.6 Å². The van der Waals surface area contributed by atoms with E-state index in [1.54, 1.807) is 18.2 Å². The van der Waals surface area contributed by atoms with Gasteiger partial charge in [-0.1, -0.05) is 47.1 Å². The van der Waals surface area contributed by atoms with Gasteiger partial charge >= 0.3 is 5.97 Å². The molecule has 0 aliphatic rings. The lowest BCUT2D eigenvalue weighted by atomic mass is 10.0. The Bertz CT molecular complexity index is 1100. The fourth-order valence-corrected chi connectivity index (χ4v) is 2.86. The van der Waals surface area contributed by atoms with Gasteiger partial charge in [0.2, 0.25) is 5.88 Å². The fourth-order valence-electron chi connectivity index (χ4n) is 2.86. The predicted octanol–water partition coefficient (Wildman–Crippen LogP) is 4.41. The second-order valence-electron chi connectivity index (χ2n) is 7.37. The smallest absolute Gasteiger partial charge is 0.306 e. The van der Waals surface area contributed by atoms with E-state index in [2.05, 4.69) is 10.5 Å². The number of hydrogen-bond donors (Lipinski definition) is 1.